The number of carbonyl (C=O) groups excluding carboxylic acids is 2. The smallest absolute Gasteiger partial charge is 0.333 e. The van der Waals surface area contributed by atoms with Gasteiger partial charge in [-0.05, 0) is 20.3 Å². The van der Waals surface area contributed by atoms with Crippen LogP contribution in [-0.2, 0) is 19.1 Å². The van der Waals surface area contributed by atoms with Crippen molar-refractivity contribution in [2.45, 2.75) is 52.6 Å². The predicted molar refractivity (Wildman–Crippen MR) is 82.8 cm³/mol. The number of rotatable bonds is 9. The summed E-state index contributed by atoms with van der Waals surface area (Å²) in [5.41, 5.74) is 0.348. The van der Waals surface area contributed by atoms with Gasteiger partial charge in [-0.1, -0.05) is 39.3 Å². The van der Waals surface area contributed by atoms with Crippen molar-refractivity contribution < 1.29 is 24.2 Å². The van der Waals surface area contributed by atoms with E-state index >= 15 is 0 Å². The summed E-state index contributed by atoms with van der Waals surface area (Å²) in [6.07, 6.45) is 5.11. The lowest BCUT2D eigenvalue weighted by Crippen LogP contribution is -2.15. The molecule has 0 radical (unpaired) electrons. The highest BCUT2D eigenvalue weighted by Crippen LogP contribution is 1.98. The first kappa shape index (κ1) is 21.7. The molecule has 1 atom stereocenters. The highest BCUT2D eigenvalue weighted by molar-refractivity contribution is 5.86. The van der Waals surface area contributed by atoms with Crippen molar-refractivity contribution in [3.05, 3.63) is 24.8 Å². The fourth-order valence-electron chi connectivity index (χ4n) is 1.08. The van der Waals surface area contributed by atoms with Gasteiger partial charge in [0.2, 0.25) is 0 Å². The standard InChI is InChI=1S/C9H16O2.C7H12O3/c1-3-5-6-7-8-11-9(10)4-2;1-5(2)7(9)10-4-6(3)8/h4H,2-3,5-8H2,1H3;6,8H,1,4H2,2-3H3. The minimum Gasteiger partial charge on any atom is -0.463 e. The molecular formula is C16H28O5. The second-order valence-electron chi connectivity index (χ2n) is 4.66. The molecule has 0 bridgehead atoms. The first-order chi connectivity index (χ1) is 9.84. The van der Waals surface area contributed by atoms with Gasteiger partial charge in [0.05, 0.1) is 12.7 Å². The highest BCUT2D eigenvalue weighted by Gasteiger charge is 2.03. The molecule has 0 aliphatic carbocycles. The van der Waals surface area contributed by atoms with Crippen LogP contribution in [0.1, 0.15) is 46.5 Å². The summed E-state index contributed by atoms with van der Waals surface area (Å²) >= 11 is 0. The van der Waals surface area contributed by atoms with Gasteiger partial charge in [0.25, 0.3) is 0 Å². The van der Waals surface area contributed by atoms with E-state index in [0.717, 1.165) is 12.8 Å². The lowest BCUT2D eigenvalue weighted by Gasteiger charge is -2.04. The van der Waals surface area contributed by atoms with Crippen molar-refractivity contribution in [1.29, 1.82) is 0 Å². The molecule has 1 unspecified atom stereocenters. The molecule has 0 rings (SSSR count). The topological polar surface area (TPSA) is 72.8 Å². The van der Waals surface area contributed by atoms with Crippen LogP contribution < -0.4 is 0 Å². The molecule has 0 saturated heterocycles. The van der Waals surface area contributed by atoms with Gasteiger partial charge >= 0.3 is 11.9 Å². The van der Waals surface area contributed by atoms with Gasteiger partial charge in [-0.3, -0.25) is 0 Å². The summed E-state index contributed by atoms with van der Waals surface area (Å²) in [6.45, 7) is 12.5. The maximum absolute atomic E-state index is 10.6. The largest absolute Gasteiger partial charge is 0.463 e. The van der Waals surface area contributed by atoms with E-state index in [1.807, 2.05) is 0 Å². The summed E-state index contributed by atoms with van der Waals surface area (Å²) in [5, 5.41) is 8.68. The first-order valence-electron chi connectivity index (χ1n) is 7.15. The van der Waals surface area contributed by atoms with Gasteiger partial charge in [-0.15, -0.1) is 0 Å². The van der Waals surface area contributed by atoms with E-state index in [1.54, 1.807) is 13.8 Å². The number of carbonyl (C=O) groups is 2. The third-order valence-electron chi connectivity index (χ3n) is 2.21. The second kappa shape index (κ2) is 14.8. The predicted octanol–water partition coefficient (Wildman–Crippen LogP) is 2.78. The molecule has 0 spiro atoms. The lowest BCUT2D eigenvalue weighted by molar-refractivity contribution is -0.141. The molecule has 0 saturated carbocycles. The average molecular weight is 300 g/mol. The Hall–Kier alpha value is -1.62. The zero-order chi connectivity index (χ0) is 16.7. The Morgan fingerprint density at radius 3 is 2.29 bits per heavy atom. The van der Waals surface area contributed by atoms with Crippen molar-refractivity contribution in [2.75, 3.05) is 13.2 Å². The molecule has 0 heterocycles. The van der Waals surface area contributed by atoms with Gasteiger partial charge in [0.1, 0.15) is 6.61 Å². The quantitative estimate of drug-likeness (QED) is 0.403. The highest BCUT2D eigenvalue weighted by atomic mass is 16.5. The van der Waals surface area contributed by atoms with Crippen molar-refractivity contribution in [1.82, 2.24) is 0 Å². The number of hydrogen-bond acceptors (Lipinski definition) is 5. The zero-order valence-corrected chi connectivity index (χ0v) is 13.4. The minimum atomic E-state index is -0.608. The molecule has 21 heavy (non-hydrogen) atoms. The summed E-state index contributed by atoms with van der Waals surface area (Å²) in [5.74, 6) is -0.776. The van der Waals surface area contributed by atoms with E-state index in [0.29, 0.717) is 12.2 Å². The van der Waals surface area contributed by atoms with E-state index in [4.69, 9.17) is 9.84 Å². The van der Waals surface area contributed by atoms with Gasteiger partial charge in [0, 0.05) is 11.6 Å². The SMILES string of the molecule is C=C(C)C(=O)OCC(C)O.C=CC(=O)OCCCCCC. The Bertz CT molecular complexity index is 321. The molecular weight excluding hydrogens is 272 g/mol. The Kier molecular flexibility index (Phi) is 15.3. The molecule has 0 aliphatic heterocycles. The average Bonchev–Trinajstić information content (AvgIpc) is 2.44. The number of ether oxygens (including phenoxy) is 2. The van der Waals surface area contributed by atoms with E-state index in [1.165, 1.54) is 18.9 Å². The monoisotopic (exact) mass is 300 g/mol. The number of esters is 2. The third-order valence-corrected chi connectivity index (χ3v) is 2.21. The van der Waals surface area contributed by atoms with Gasteiger partial charge in [-0.2, -0.15) is 0 Å². The van der Waals surface area contributed by atoms with Gasteiger partial charge in [-0.25, -0.2) is 9.59 Å². The molecule has 0 aromatic carbocycles. The normalized spacial score (nSPS) is 10.7. The fraction of sp³-hybridized carbons (Fsp3) is 0.625. The molecule has 122 valence electrons. The maximum atomic E-state index is 10.6. The van der Waals surface area contributed by atoms with Crippen molar-refractivity contribution in [3.63, 3.8) is 0 Å². The Labute approximate surface area is 127 Å². The molecule has 0 fully saturated rings. The Morgan fingerprint density at radius 1 is 1.24 bits per heavy atom. The number of unbranched alkanes of at least 4 members (excludes halogenated alkanes) is 3. The lowest BCUT2D eigenvalue weighted by atomic mass is 10.2. The van der Waals surface area contributed by atoms with Crippen LogP contribution in [0.15, 0.2) is 24.8 Å². The van der Waals surface area contributed by atoms with E-state index < -0.39 is 12.1 Å². The molecule has 0 amide bonds. The minimum absolute atomic E-state index is 0.0334. The fourth-order valence-corrected chi connectivity index (χ4v) is 1.08. The molecule has 5 nitrogen and oxygen atoms in total. The third kappa shape index (κ3) is 18.4. The number of hydrogen-bond donors (Lipinski definition) is 1. The van der Waals surface area contributed by atoms with Crippen LogP contribution in [0.4, 0.5) is 0 Å². The van der Waals surface area contributed by atoms with E-state index in [9.17, 15) is 9.59 Å². The Morgan fingerprint density at radius 2 is 1.86 bits per heavy atom. The second-order valence-corrected chi connectivity index (χ2v) is 4.66. The van der Waals surface area contributed by atoms with Crippen LogP contribution in [0.3, 0.4) is 0 Å². The maximum Gasteiger partial charge on any atom is 0.333 e. The molecule has 0 aliphatic rings. The summed E-state index contributed by atoms with van der Waals surface area (Å²) in [6, 6.07) is 0. The first-order valence-corrected chi connectivity index (χ1v) is 7.15. The summed E-state index contributed by atoms with van der Waals surface area (Å²) < 4.78 is 9.36. The molecule has 0 aromatic rings. The van der Waals surface area contributed by atoms with Crippen molar-refractivity contribution in [3.8, 4) is 0 Å². The van der Waals surface area contributed by atoms with Crippen LogP contribution in [0.2, 0.25) is 0 Å². The van der Waals surface area contributed by atoms with Gasteiger partial charge < -0.3 is 14.6 Å². The molecule has 5 heteroatoms. The summed E-state index contributed by atoms with van der Waals surface area (Å²) in [4.78, 5) is 21.1. The molecule has 0 aromatic heterocycles. The van der Waals surface area contributed by atoms with Crippen molar-refractivity contribution in [2.24, 2.45) is 0 Å². The number of aliphatic hydroxyl groups excluding tert-OH is 1. The molecule has 1 N–H and O–H groups in total. The zero-order valence-electron chi connectivity index (χ0n) is 13.4. The van der Waals surface area contributed by atoms with Crippen LogP contribution in [0.25, 0.3) is 0 Å². The van der Waals surface area contributed by atoms with E-state index in [2.05, 4.69) is 24.8 Å². The summed E-state index contributed by atoms with van der Waals surface area (Å²) in [7, 11) is 0. The Balaban J connectivity index is 0. The van der Waals surface area contributed by atoms with Gasteiger partial charge in [0.15, 0.2) is 0 Å². The van der Waals surface area contributed by atoms with Crippen LogP contribution in [0, 0.1) is 0 Å². The van der Waals surface area contributed by atoms with Crippen LogP contribution >= 0.6 is 0 Å². The van der Waals surface area contributed by atoms with Crippen molar-refractivity contribution >= 4 is 11.9 Å². The van der Waals surface area contributed by atoms with Crippen LogP contribution in [-0.4, -0.2) is 36.4 Å². The van der Waals surface area contributed by atoms with E-state index in [-0.39, 0.29) is 12.6 Å². The number of aliphatic hydroxyl groups is 1. The van der Waals surface area contributed by atoms with Crippen LogP contribution in [0.5, 0.6) is 0 Å².